The first-order chi connectivity index (χ1) is 11.4. The topological polar surface area (TPSA) is 81.5 Å². The number of hydrogen-bond acceptors (Lipinski definition) is 4. The number of ether oxygens (including phenoxy) is 1. The summed E-state index contributed by atoms with van der Waals surface area (Å²) in [5.41, 5.74) is 2.20. The fraction of sp³-hybridized carbons (Fsp3) is 0.278. The van der Waals surface area contributed by atoms with Crippen molar-refractivity contribution < 1.29 is 14.5 Å². The molecule has 0 spiro atoms. The molecule has 1 atom stereocenters. The molecule has 0 aliphatic carbocycles. The third-order valence-corrected chi connectivity index (χ3v) is 3.65. The van der Waals surface area contributed by atoms with Crippen molar-refractivity contribution >= 4 is 17.3 Å². The summed E-state index contributed by atoms with van der Waals surface area (Å²) in [5, 5.41) is 13.6. The Morgan fingerprint density at radius 1 is 1.21 bits per heavy atom. The van der Waals surface area contributed by atoms with Gasteiger partial charge in [-0.2, -0.15) is 0 Å². The fourth-order valence-corrected chi connectivity index (χ4v) is 2.17. The number of rotatable bonds is 6. The van der Waals surface area contributed by atoms with E-state index < -0.39 is 11.0 Å². The summed E-state index contributed by atoms with van der Waals surface area (Å²) in [6.45, 7) is 5.60. The lowest BCUT2D eigenvalue weighted by molar-refractivity contribution is -0.384. The van der Waals surface area contributed by atoms with Gasteiger partial charge >= 0.3 is 0 Å². The Morgan fingerprint density at radius 2 is 1.88 bits per heavy atom. The Hall–Kier alpha value is -2.89. The Kier molecular flexibility index (Phi) is 5.52. The third-order valence-electron chi connectivity index (χ3n) is 3.65. The van der Waals surface area contributed by atoms with Crippen LogP contribution in [0.1, 0.15) is 24.5 Å². The van der Waals surface area contributed by atoms with Gasteiger partial charge in [0.1, 0.15) is 5.75 Å². The fourth-order valence-electron chi connectivity index (χ4n) is 2.17. The number of hydrogen-bond donors (Lipinski definition) is 1. The number of nitro benzene ring substituents is 1. The molecule has 0 fully saturated rings. The number of benzene rings is 2. The van der Waals surface area contributed by atoms with Gasteiger partial charge in [0, 0.05) is 12.1 Å². The number of nitrogens with one attached hydrogen (secondary N) is 1. The number of amides is 1. The minimum absolute atomic E-state index is 0.0663. The van der Waals surface area contributed by atoms with Crippen molar-refractivity contribution in [2.75, 3.05) is 5.32 Å². The quantitative estimate of drug-likeness (QED) is 0.641. The predicted octanol–water partition coefficient (Wildman–Crippen LogP) is 4.01. The Bertz CT molecular complexity index is 741. The maximum absolute atomic E-state index is 12.4. The molecule has 0 aliphatic rings. The van der Waals surface area contributed by atoms with Crippen LogP contribution in [0.2, 0.25) is 0 Å². The van der Waals surface area contributed by atoms with Gasteiger partial charge in [0.05, 0.1) is 10.6 Å². The SMILES string of the molecule is CC[C@@H](Oc1ccc(C)cc1)C(=O)Nc1cc([N+](=O)[O-])ccc1C. The van der Waals surface area contributed by atoms with Crippen LogP contribution in [0.15, 0.2) is 42.5 Å². The molecule has 0 bridgehead atoms. The van der Waals surface area contributed by atoms with Crippen molar-refractivity contribution in [2.24, 2.45) is 0 Å². The van der Waals surface area contributed by atoms with Crippen LogP contribution < -0.4 is 10.1 Å². The minimum Gasteiger partial charge on any atom is -0.481 e. The molecule has 6 nitrogen and oxygen atoms in total. The molecular formula is C18H20N2O4. The second-order valence-corrected chi connectivity index (χ2v) is 5.57. The lowest BCUT2D eigenvalue weighted by atomic mass is 10.1. The van der Waals surface area contributed by atoms with Crippen LogP contribution >= 0.6 is 0 Å². The molecule has 6 heteroatoms. The molecule has 126 valence electrons. The average Bonchev–Trinajstić information content (AvgIpc) is 2.56. The Balaban J connectivity index is 2.13. The first-order valence-electron chi connectivity index (χ1n) is 7.70. The van der Waals surface area contributed by atoms with Crippen molar-refractivity contribution in [3.05, 3.63) is 63.7 Å². The number of carbonyl (C=O) groups is 1. The molecule has 24 heavy (non-hydrogen) atoms. The third kappa shape index (κ3) is 4.32. The van der Waals surface area contributed by atoms with E-state index in [1.165, 1.54) is 12.1 Å². The molecule has 0 saturated carbocycles. The molecule has 2 rings (SSSR count). The van der Waals surface area contributed by atoms with Gasteiger partial charge in [-0.3, -0.25) is 14.9 Å². The highest BCUT2D eigenvalue weighted by Crippen LogP contribution is 2.23. The van der Waals surface area contributed by atoms with Gasteiger partial charge in [-0.05, 0) is 38.0 Å². The molecule has 0 saturated heterocycles. The summed E-state index contributed by atoms with van der Waals surface area (Å²) in [7, 11) is 0. The first kappa shape index (κ1) is 17.5. The van der Waals surface area contributed by atoms with Gasteiger partial charge in [0.2, 0.25) is 0 Å². The normalized spacial score (nSPS) is 11.6. The Morgan fingerprint density at radius 3 is 2.46 bits per heavy atom. The van der Waals surface area contributed by atoms with Crippen molar-refractivity contribution in [1.29, 1.82) is 0 Å². The van der Waals surface area contributed by atoms with Crippen LogP contribution in [0, 0.1) is 24.0 Å². The van der Waals surface area contributed by atoms with Gasteiger partial charge in [-0.15, -0.1) is 0 Å². The average molecular weight is 328 g/mol. The first-order valence-corrected chi connectivity index (χ1v) is 7.70. The van der Waals surface area contributed by atoms with E-state index in [1.807, 2.05) is 38.1 Å². The molecule has 0 heterocycles. The number of nitro groups is 1. The highest BCUT2D eigenvalue weighted by molar-refractivity contribution is 5.95. The number of carbonyl (C=O) groups excluding carboxylic acids is 1. The largest absolute Gasteiger partial charge is 0.481 e. The molecule has 1 amide bonds. The van der Waals surface area contributed by atoms with Gasteiger partial charge in [-0.1, -0.05) is 30.7 Å². The molecule has 0 aromatic heterocycles. The van der Waals surface area contributed by atoms with E-state index in [2.05, 4.69) is 5.32 Å². The van der Waals surface area contributed by atoms with E-state index in [9.17, 15) is 14.9 Å². The number of non-ortho nitro benzene ring substituents is 1. The lowest BCUT2D eigenvalue weighted by Crippen LogP contribution is -2.32. The van der Waals surface area contributed by atoms with Gasteiger partial charge in [0.15, 0.2) is 6.10 Å². The van der Waals surface area contributed by atoms with Crippen molar-refractivity contribution in [2.45, 2.75) is 33.3 Å². The number of aryl methyl sites for hydroxylation is 2. The summed E-state index contributed by atoms with van der Waals surface area (Å²) in [5.74, 6) is 0.278. The number of nitrogens with zero attached hydrogens (tertiary/aromatic N) is 1. The van der Waals surface area contributed by atoms with Crippen LogP contribution in [-0.4, -0.2) is 16.9 Å². The van der Waals surface area contributed by atoms with E-state index in [-0.39, 0.29) is 11.6 Å². The zero-order valence-corrected chi connectivity index (χ0v) is 13.9. The van der Waals surface area contributed by atoms with E-state index in [4.69, 9.17) is 4.74 Å². The zero-order valence-electron chi connectivity index (χ0n) is 13.9. The van der Waals surface area contributed by atoms with E-state index in [0.29, 0.717) is 17.9 Å². The minimum atomic E-state index is -0.675. The molecule has 1 N–H and O–H groups in total. The van der Waals surface area contributed by atoms with Gasteiger partial charge < -0.3 is 10.1 Å². The summed E-state index contributed by atoms with van der Waals surface area (Å²) in [4.78, 5) is 22.8. The van der Waals surface area contributed by atoms with Gasteiger partial charge in [0.25, 0.3) is 11.6 Å². The van der Waals surface area contributed by atoms with Crippen molar-refractivity contribution in [3.63, 3.8) is 0 Å². The molecule has 0 radical (unpaired) electrons. The van der Waals surface area contributed by atoms with Crippen LogP contribution in [0.3, 0.4) is 0 Å². The van der Waals surface area contributed by atoms with Crippen molar-refractivity contribution in [3.8, 4) is 5.75 Å². The molecule has 0 unspecified atom stereocenters. The predicted molar refractivity (Wildman–Crippen MR) is 92.3 cm³/mol. The van der Waals surface area contributed by atoms with Crippen LogP contribution in [0.5, 0.6) is 5.75 Å². The van der Waals surface area contributed by atoms with Crippen LogP contribution in [-0.2, 0) is 4.79 Å². The van der Waals surface area contributed by atoms with Crippen LogP contribution in [0.25, 0.3) is 0 Å². The monoisotopic (exact) mass is 328 g/mol. The lowest BCUT2D eigenvalue weighted by Gasteiger charge is -2.18. The van der Waals surface area contributed by atoms with Gasteiger partial charge in [-0.25, -0.2) is 0 Å². The van der Waals surface area contributed by atoms with E-state index in [0.717, 1.165) is 11.1 Å². The summed E-state index contributed by atoms with van der Waals surface area (Å²) in [6.07, 6.45) is -0.195. The van der Waals surface area contributed by atoms with E-state index >= 15 is 0 Å². The molecule has 2 aromatic carbocycles. The Labute approximate surface area is 140 Å². The van der Waals surface area contributed by atoms with E-state index in [1.54, 1.807) is 13.0 Å². The maximum Gasteiger partial charge on any atom is 0.271 e. The standard InChI is InChI=1S/C18H20N2O4/c1-4-17(24-15-9-5-12(2)6-10-15)18(21)19-16-11-14(20(22)23)8-7-13(16)3/h5-11,17H,4H2,1-3H3,(H,19,21)/t17-/m1/s1. The van der Waals surface area contributed by atoms with Crippen LogP contribution in [0.4, 0.5) is 11.4 Å². The summed E-state index contributed by atoms with van der Waals surface area (Å²) >= 11 is 0. The highest BCUT2D eigenvalue weighted by Gasteiger charge is 2.20. The molecule has 0 aliphatic heterocycles. The molecule has 2 aromatic rings. The summed E-state index contributed by atoms with van der Waals surface area (Å²) in [6, 6.07) is 11.8. The zero-order chi connectivity index (χ0) is 17.7. The second-order valence-electron chi connectivity index (χ2n) is 5.57. The smallest absolute Gasteiger partial charge is 0.271 e. The second kappa shape index (κ2) is 7.59. The molecular weight excluding hydrogens is 308 g/mol. The van der Waals surface area contributed by atoms with Crippen molar-refractivity contribution in [1.82, 2.24) is 0 Å². The maximum atomic E-state index is 12.4. The number of anilines is 1. The highest BCUT2D eigenvalue weighted by atomic mass is 16.6. The summed E-state index contributed by atoms with van der Waals surface area (Å²) < 4.78 is 5.72.